The molecule has 0 saturated heterocycles. The fourth-order valence-electron chi connectivity index (χ4n) is 1.03. The van der Waals surface area contributed by atoms with Crippen molar-refractivity contribution in [3.8, 4) is 0 Å². The van der Waals surface area contributed by atoms with Crippen molar-refractivity contribution >= 4 is 5.71 Å². The summed E-state index contributed by atoms with van der Waals surface area (Å²) >= 11 is 0. The van der Waals surface area contributed by atoms with Crippen LogP contribution in [0.2, 0.25) is 0 Å². The molecule has 0 spiro atoms. The summed E-state index contributed by atoms with van der Waals surface area (Å²) < 4.78 is 5.40. The van der Waals surface area contributed by atoms with E-state index in [-0.39, 0.29) is 0 Å². The molecule has 0 saturated carbocycles. The Hall–Kier alpha value is -1.05. The Labute approximate surface area is 81.0 Å². The van der Waals surface area contributed by atoms with E-state index in [1.54, 1.807) is 7.05 Å². The van der Waals surface area contributed by atoms with Crippen LogP contribution in [0.5, 0.6) is 0 Å². The first kappa shape index (κ1) is 11.9. The maximum Gasteiger partial charge on any atom is 0.148 e. The largest absolute Gasteiger partial charge is 0.460 e. The first-order chi connectivity index (χ1) is 6.27. The van der Waals surface area contributed by atoms with E-state index in [2.05, 4.69) is 11.9 Å². The predicted molar refractivity (Wildman–Crippen MR) is 57.9 cm³/mol. The van der Waals surface area contributed by atoms with Gasteiger partial charge in [-0.25, -0.2) is 0 Å². The van der Waals surface area contributed by atoms with Gasteiger partial charge in [-0.05, 0) is 19.4 Å². The van der Waals surface area contributed by atoms with Crippen molar-refractivity contribution < 1.29 is 4.74 Å². The number of nitrogens with zero attached hydrogens (tertiary/aromatic N) is 1. The molecule has 74 valence electrons. The first-order valence-corrected chi connectivity index (χ1v) is 4.81. The van der Waals surface area contributed by atoms with Crippen molar-refractivity contribution in [2.24, 2.45) is 4.99 Å². The Morgan fingerprint density at radius 1 is 1.46 bits per heavy atom. The number of ether oxygens (including phenoxy) is 1. The molecule has 1 aliphatic rings. The van der Waals surface area contributed by atoms with E-state index in [1.165, 1.54) is 0 Å². The van der Waals surface area contributed by atoms with Crippen molar-refractivity contribution in [1.82, 2.24) is 0 Å². The summed E-state index contributed by atoms with van der Waals surface area (Å²) in [4.78, 5) is 4.08. The Morgan fingerprint density at radius 3 is 2.54 bits per heavy atom. The number of hydrogen-bond donors (Lipinski definition) is 0. The van der Waals surface area contributed by atoms with Crippen LogP contribution in [0.3, 0.4) is 0 Å². The summed E-state index contributed by atoms with van der Waals surface area (Å²) in [6.07, 6.45) is 4.96. The zero-order valence-corrected chi connectivity index (χ0v) is 9.22. The molecule has 1 rings (SSSR count). The lowest BCUT2D eigenvalue weighted by atomic mass is 10.3. The number of hydrogen-bond acceptors (Lipinski definition) is 2. The van der Waals surface area contributed by atoms with Gasteiger partial charge in [-0.1, -0.05) is 20.8 Å². The Morgan fingerprint density at radius 2 is 2.08 bits per heavy atom. The summed E-state index contributed by atoms with van der Waals surface area (Å²) in [5, 5.41) is 0. The fourth-order valence-corrected chi connectivity index (χ4v) is 1.03. The second kappa shape index (κ2) is 6.46. The Balaban J connectivity index is 0.000000671. The number of rotatable bonds is 1. The molecule has 2 nitrogen and oxygen atoms in total. The van der Waals surface area contributed by atoms with E-state index >= 15 is 0 Å². The molecule has 0 amide bonds. The van der Waals surface area contributed by atoms with Crippen molar-refractivity contribution in [2.75, 3.05) is 7.05 Å². The molecule has 2 heteroatoms. The highest BCUT2D eigenvalue weighted by atomic mass is 16.5. The average Bonchev–Trinajstić information content (AvgIpc) is 2.50. The minimum absolute atomic E-state index is 0.896. The minimum atomic E-state index is 0.896. The summed E-state index contributed by atoms with van der Waals surface area (Å²) in [6, 6.07) is 0. The quantitative estimate of drug-likeness (QED) is 0.608. The summed E-state index contributed by atoms with van der Waals surface area (Å²) in [7, 11) is 1.78. The van der Waals surface area contributed by atoms with Crippen LogP contribution in [0.1, 0.15) is 34.1 Å². The molecule has 0 radical (unpaired) electrons. The van der Waals surface area contributed by atoms with E-state index in [0.29, 0.717) is 0 Å². The lowest BCUT2D eigenvalue weighted by molar-refractivity contribution is 0.341. The van der Waals surface area contributed by atoms with Gasteiger partial charge in [-0.2, -0.15) is 0 Å². The van der Waals surface area contributed by atoms with Crippen molar-refractivity contribution in [2.45, 2.75) is 34.1 Å². The third-order valence-electron chi connectivity index (χ3n) is 1.49. The molecule has 13 heavy (non-hydrogen) atoms. The first-order valence-electron chi connectivity index (χ1n) is 4.81. The van der Waals surface area contributed by atoms with Crippen LogP contribution in [0.4, 0.5) is 0 Å². The van der Waals surface area contributed by atoms with E-state index in [4.69, 9.17) is 4.74 Å². The molecule has 0 atom stereocenters. The van der Waals surface area contributed by atoms with Crippen LogP contribution < -0.4 is 0 Å². The van der Waals surface area contributed by atoms with Gasteiger partial charge in [-0.15, -0.1) is 0 Å². The highest BCUT2D eigenvalue weighted by molar-refractivity contribution is 6.08. The standard InChI is InChI=1S/C9H13NO.C2H6/c1-4-5-9-8(10-3)6-7(2)11-9;1-2/h5-6H,4H2,1-3H3;1-2H3/b9-5+,10-8?;. The van der Waals surface area contributed by atoms with Gasteiger partial charge in [-0.3, -0.25) is 4.99 Å². The highest BCUT2D eigenvalue weighted by Crippen LogP contribution is 2.17. The highest BCUT2D eigenvalue weighted by Gasteiger charge is 2.13. The third kappa shape index (κ3) is 3.45. The fraction of sp³-hybridized carbons (Fsp3) is 0.545. The third-order valence-corrected chi connectivity index (χ3v) is 1.49. The van der Waals surface area contributed by atoms with Crippen LogP contribution >= 0.6 is 0 Å². The summed E-state index contributed by atoms with van der Waals surface area (Å²) in [5.41, 5.74) is 0.948. The zero-order chi connectivity index (χ0) is 10.3. The molecule has 0 aromatic carbocycles. The van der Waals surface area contributed by atoms with Crippen molar-refractivity contribution in [3.63, 3.8) is 0 Å². The maximum absolute atomic E-state index is 5.40. The van der Waals surface area contributed by atoms with E-state index in [1.807, 2.05) is 32.9 Å². The average molecular weight is 181 g/mol. The van der Waals surface area contributed by atoms with Gasteiger partial charge in [0.15, 0.2) is 0 Å². The summed E-state index contributed by atoms with van der Waals surface area (Å²) in [6.45, 7) is 8.01. The molecule has 0 aliphatic carbocycles. The lowest BCUT2D eigenvalue weighted by Gasteiger charge is -1.98. The van der Waals surface area contributed by atoms with Crippen LogP contribution in [0, 0.1) is 0 Å². The molecule has 0 bridgehead atoms. The Bertz CT molecular complexity index is 236. The minimum Gasteiger partial charge on any atom is -0.460 e. The van der Waals surface area contributed by atoms with Crippen LogP contribution in [0.15, 0.2) is 28.7 Å². The molecule has 0 N–H and O–H groups in total. The maximum atomic E-state index is 5.40. The van der Waals surface area contributed by atoms with E-state index < -0.39 is 0 Å². The molecule has 1 aliphatic heterocycles. The van der Waals surface area contributed by atoms with Crippen molar-refractivity contribution in [1.29, 1.82) is 0 Å². The molecular weight excluding hydrogens is 162 g/mol. The van der Waals surface area contributed by atoms with Crippen molar-refractivity contribution in [3.05, 3.63) is 23.7 Å². The van der Waals surface area contributed by atoms with Gasteiger partial charge < -0.3 is 4.74 Å². The van der Waals surface area contributed by atoms with Gasteiger partial charge in [0.05, 0.1) is 0 Å². The van der Waals surface area contributed by atoms with Crippen LogP contribution in [-0.4, -0.2) is 12.8 Å². The smallest absolute Gasteiger partial charge is 0.148 e. The van der Waals surface area contributed by atoms with Gasteiger partial charge >= 0.3 is 0 Å². The van der Waals surface area contributed by atoms with Gasteiger partial charge in [0, 0.05) is 13.1 Å². The monoisotopic (exact) mass is 181 g/mol. The predicted octanol–water partition coefficient (Wildman–Crippen LogP) is 3.31. The molecule has 1 heterocycles. The summed E-state index contributed by atoms with van der Waals surface area (Å²) in [5.74, 6) is 1.82. The molecule has 0 aromatic heterocycles. The van der Waals surface area contributed by atoms with Crippen LogP contribution in [-0.2, 0) is 4.74 Å². The second-order valence-electron chi connectivity index (χ2n) is 2.44. The van der Waals surface area contributed by atoms with Crippen LogP contribution in [0.25, 0.3) is 0 Å². The SMILES string of the molecule is CC.CC/C=C1/OC(C)=CC1=NC. The van der Waals surface area contributed by atoms with Gasteiger partial charge in [0.1, 0.15) is 17.2 Å². The van der Waals surface area contributed by atoms with E-state index in [9.17, 15) is 0 Å². The topological polar surface area (TPSA) is 21.6 Å². The normalized spacial score (nSPS) is 20.8. The molecule has 0 fully saturated rings. The van der Waals surface area contributed by atoms with Gasteiger partial charge in [0.2, 0.25) is 0 Å². The lowest BCUT2D eigenvalue weighted by Crippen LogP contribution is -1.93. The zero-order valence-electron chi connectivity index (χ0n) is 9.22. The number of aliphatic imine (C=N–C) groups is 1. The molecule has 0 aromatic rings. The molecule has 0 unspecified atom stereocenters. The number of allylic oxidation sites excluding steroid dienone is 3. The second-order valence-corrected chi connectivity index (χ2v) is 2.44. The Kier molecular flexibility index (Phi) is 5.94. The molecular formula is C11H19NO. The van der Waals surface area contributed by atoms with Gasteiger partial charge in [0.25, 0.3) is 0 Å². The van der Waals surface area contributed by atoms with E-state index in [0.717, 1.165) is 23.7 Å².